The molecule has 4 rings (SSSR count). The van der Waals surface area contributed by atoms with Crippen LogP contribution in [-0.4, -0.2) is 59.0 Å². The van der Waals surface area contributed by atoms with Crippen LogP contribution in [0.15, 0.2) is 60.7 Å². The predicted octanol–water partition coefficient (Wildman–Crippen LogP) is 5.58. The first-order valence-electron chi connectivity index (χ1n) is 13.8. The number of aliphatic carboxylic acids is 1. The molecule has 37 heavy (non-hydrogen) atoms. The molecule has 200 valence electrons. The molecular formula is C31H41NO5. The molecule has 2 aliphatic rings. The highest BCUT2D eigenvalue weighted by Gasteiger charge is 2.40. The fraction of sp³-hybridized carbons (Fsp3) is 0.516. The van der Waals surface area contributed by atoms with E-state index < -0.39 is 5.97 Å². The van der Waals surface area contributed by atoms with Crippen molar-refractivity contribution in [1.29, 1.82) is 0 Å². The van der Waals surface area contributed by atoms with E-state index in [0.717, 1.165) is 48.2 Å². The molecule has 3 atom stereocenters. The van der Waals surface area contributed by atoms with Crippen LogP contribution in [0.4, 0.5) is 0 Å². The molecule has 2 aromatic carbocycles. The van der Waals surface area contributed by atoms with Crippen LogP contribution in [0.1, 0.15) is 62.5 Å². The maximum atomic E-state index is 10.7. The van der Waals surface area contributed by atoms with E-state index in [2.05, 4.69) is 29.2 Å². The van der Waals surface area contributed by atoms with Crippen LogP contribution in [0.5, 0.6) is 0 Å². The van der Waals surface area contributed by atoms with E-state index in [1.54, 1.807) is 0 Å². The van der Waals surface area contributed by atoms with Gasteiger partial charge < -0.3 is 19.7 Å². The average Bonchev–Trinajstić information content (AvgIpc) is 3.12. The minimum absolute atomic E-state index is 0.0199. The Kier molecular flexibility index (Phi) is 10.7. The van der Waals surface area contributed by atoms with Crippen LogP contribution in [0.2, 0.25) is 0 Å². The number of carboxylic acids is 1. The lowest BCUT2D eigenvalue weighted by Crippen LogP contribution is -2.45. The van der Waals surface area contributed by atoms with E-state index in [1.807, 2.05) is 36.4 Å². The lowest BCUT2D eigenvalue weighted by atomic mass is 10.0. The first-order chi connectivity index (χ1) is 18.1. The van der Waals surface area contributed by atoms with Gasteiger partial charge in [-0.1, -0.05) is 73.5 Å². The van der Waals surface area contributed by atoms with Gasteiger partial charge in [0.2, 0.25) is 0 Å². The molecule has 6 nitrogen and oxygen atoms in total. The molecule has 0 bridgehead atoms. The highest BCUT2D eigenvalue weighted by atomic mass is 16.5. The lowest BCUT2D eigenvalue weighted by molar-refractivity contribution is -0.136. The van der Waals surface area contributed by atoms with Crippen molar-refractivity contribution in [1.82, 2.24) is 4.90 Å². The molecule has 1 saturated carbocycles. The number of aliphatic hydroxyl groups excluding tert-OH is 1. The van der Waals surface area contributed by atoms with Gasteiger partial charge in [0.15, 0.2) is 0 Å². The molecule has 1 heterocycles. The van der Waals surface area contributed by atoms with Crippen molar-refractivity contribution in [2.75, 3.05) is 19.7 Å². The van der Waals surface area contributed by atoms with Crippen molar-refractivity contribution in [2.45, 2.75) is 82.8 Å². The van der Waals surface area contributed by atoms with E-state index in [0.29, 0.717) is 25.7 Å². The fourth-order valence-electron chi connectivity index (χ4n) is 5.48. The van der Waals surface area contributed by atoms with E-state index in [9.17, 15) is 9.90 Å². The molecule has 0 unspecified atom stereocenters. The van der Waals surface area contributed by atoms with E-state index in [-0.39, 0.29) is 25.2 Å². The van der Waals surface area contributed by atoms with Gasteiger partial charge in [-0.15, -0.1) is 0 Å². The molecule has 2 aromatic rings. The number of carbonyl (C=O) groups is 1. The molecule has 0 spiro atoms. The molecular weight excluding hydrogens is 466 g/mol. The zero-order valence-electron chi connectivity index (χ0n) is 21.8. The number of benzene rings is 2. The maximum Gasteiger partial charge on any atom is 0.303 e. The molecule has 6 heteroatoms. The molecule has 0 aromatic heterocycles. The van der Waals surface area contributed by atoms with Crippen molar-refractivity contribution in [3.05, 3.63) is 71.8 Å². The SMILES string of the molecule is O=C(O)CCC=CCO[C@H]1[C@H](OCc2ccc(-c3ccc(CO)cc3)cc2)CC[C@@H]1N1CCCCCC1. The van der Waals surface area contributed by atoms with Crippen LogP contribution in [-0.2, 0) is 27.5 Å². The van der Waals surface area contributed by atoms with Gasteiger partial charge in [-0.3, -0.25) is 9.69 Å². The number of nitrogens with zero attached hydrogens (tertiary/aromatic N) is 1. The van der Waals surface area contributed by atoms with Crippen LogP contribution in [0, 0.1) is 0 Å². The highest BCUT2D eigenvalue weighted by Crippen LogP contribution is 2.32. The normalized spacial score (nSPS) is 22.9. The maximum absolute atomic E-state index is 10.7. The fourth-order valence-corrected chi connectivity index (χ4v) is 5.48. The summed E-state index contributed by atoms with van der Waals surface area (Å²) < 4.78 is 12.9. The zero-order chi connectivity index (χ0) is 25.9. The van der Waals surface area contributed by atoms with Gasteiger partial charge in [-0.05, 0) is 67.4 Å². The number of allylic oxidation sites excluding steroid dienone is 1. The summed E-state index contributed by atoms with van der Waals surface area (Å²) in [7, 11) is 0. The third-order valence-electron chi connectivity index (χ3n) is 7.57. The number of carboxylic acid groups (broad SMARTS) is 1. The summed E-state index contributed by atoms with van der Waals surface area (Å²) in [6.07, 6.45) is 11.8. The van der Waals surface area contributed by atoms with Gasteiger partial charge in [0.1, 0.15) is 0 Å². The summed E-state index contributed by atoms with van der Waals surface area (Å²) >= 11 is 0. The Balaban J connectivity index is 1.35. The van der Waals surface area contributed by atoms with E-state index in [4.69, 9.17) is 14.6 Å². The van der Waals surface area contributed by atoms with Crippen LogP contribution < -0.4 is 0 Å². The quantitative estimate of drug-likeness (QED) is 0.366. The topological polar surface area (TPSA) is 79.2 Å². The van der Waals surface area contributed by atoms with E-state index in [1.165, 1.54) is 25.7 Å². The van der Waals surface area contributed by atoms with Crippen molar-refractivity contribution in [2.24, 2.45) is 0 Å². The van der Waals surface area contributed by atoms with Gasteiger partial charge in [0.25, 0.3) is 0 Å². The Hall–Kier alpha value is -2.51. The smallest absolute Gasteiger partial charge is 0.303 e. The van der Waals surface area contributed by atoms with Crippen molar-refractivity contribution in [3.63, 3.8) is 0 Å². The third kappa shape index (κ3) is 8.24. The molecule has 1 aliphatic heterocycles. The molecule has 2 fully saturated rings. The van der Waals surface area contributed by atoms with Gasteiger partial charge in [-0.25, -0.2) is 0 Å². The Bertz CT molecular complexity index is 980. The number of hydrogen-bond donors (Lipinski definition) is 2. The van der Waals surface area contributed by atoms with Crippen molar-refractivity contribution in [3.8, 4) is 11.1 Å². The van der Waals surface area contributed by atoms with Gasteiger partial charge in [-0.2, -0.15) is 0 Å². The zero-order valence-corrected chi connectivity index (χ0v) is 21.8. The minimum Gasteiger partial charge on any atom is -0.481 e. The Morgan fingerprint density at radius 3 is 2.14 bits per heavy atom. The largest absolute Gasteiger partial charge is 0.481 e. The number of ether oxygens (including phenoxy) is 2. The first kappa shape index (κ1) is 27.5. The molecule has 0 radical (unpaired) electrons. The van der Waals surface area contributed by atoms with Gasteiger partial charge in [0, 0.05) is 12.5 Å². The number of rotatable bonds is 12. The summed E-state index contributed by atoms with van der Waals surface area (Å²) in [6, 6.07) is 16.8. The summed E-state index contributed by atoms with van der Waals surface area (Å²) in [5.41, 5.74) is 4.33. The minimum atomic E-state index is -0.774. The molecule has 1 aliphatic carbocycles. The monoisotopic (exact) mass is 507 g/mol. The second-order valence-corrected chi connectivity index (χ2v) is 10.2. The van der Waals surface area contributed by atoms with Gasteiger partial charge >= 0.3 is 5.97 Å². The van der Waals surface area contributed by atoms with E-state index >= 15 is 0 Å². The second kappa shape index (κ2) is 14.4. The first-order valence-corrected chi connectivity index (χ1v) is 13.8. The highest BCUT2D eigenvalue weighted by molar-refractivity contribution is 5.66. The standard InChI is InChI=1S/C31H41NO5/c33-22-24-9-13-26(14-10-24)27-15-11-25(12-16-27)23-37-29-18-17-28(32-19-5-1-2-6-20-32)31(29)36-21-7-3-4-8-30(34)35/h3,7,9-16,28-29,31,33H,1-2,4-6,8,17-23H2,(H,34,35)/t28-,29+,31+/m0/s1. The van der Waals surface area contributed by atoms with Gasteiger partial charge in [0.05, 0.1) is 32.0 Å². The third-order valence-corrected chi connectivity index (χ3v) is 7.57. The van der Waals surface area contributed by atoms with Crippen molar-refractivity contribution < 1.29 is 24.5 Å². The Morgan fingerprint density at radius 1 is 0.865 bits per heavy atom. The summed E-state index contributed by atoms with van der Waals surface area (Å²) in [5, 5.41) is 18.1. The average molecular weight is 508 g/mol. The Morgan fingerprint density at radius 2 is 1.51 bits per heavy atom. The number of likely N-dealkylation sites (tertiary alicyclic amines) is 1. The second-order valence-electron chi connectivity index (χ2n) is 10.2. The molecule has 0 amide bonds. The van der Waals surface area contributed by atoms with Crippen LogP contribution in [0.25, 0.3) is 11.1 Å². The number of aliphatic hydroxyl groups is 1. The van der Waals surface area contributed by atoms with Crippen molar-refractivity contribution >= 4 is 5.97 Å². The van der Waals surface area contributed by atoms with Crippen LogP contribution >= 0.6 is 0 Å². The lowest BCUT2D eigenvalue weighted by Gasteiger charge is -2.33. The summed E-state index contributed by atoms with van der Waals surface area (Å²) in [5.74, 6) is -0.774. The molecule has 2 N–H and O–H groups in total. The predicted molar refractivity (Wildman–Crippen MR) is 145 cm³/mol. The molecule has 1 saturated heterocycles. The Labute approximate surface area is 220 Å². The summed E-state index contributed by atoms with van der Waals surface area (Å²) in [6.45, 7) is 3.36. The number of hydrogen-bond acceptors (Lipinski definition) is 5. The van der Waals surface area contributed by atoms with Crippen LogP contribution in [0.3, 0.4) is 0 Å². The summed E-state index contributed by atoms with van der Waals surface area (Å²) in [4.78, 5) is 13.4.